The van der Waals surface area contributed by atoms with Crippen molar-refractivity contribution >= 4 is 29.3 Å². The second-order valence-corrected chi connectivity index (χ2v) is 10.1. The molecule has 2 aromatic rings. The molecule has 2 N–H and O–H groups in total. The first-order chi connectivity index (χ1) is 16.5. The van der Waals surface area contributed by atoms with Crippen LogP contribution in [0.15, 0.2) is 30.6 Å². The predicted octanol–water partition coefficient (Wildman–Crippen LogP) is 3.65. The van der Waals surface area contributed by atoms with Crippen molar-refractivity contribution in [2.45, 2.75) is 65.5 Å². The number of hydrogen-bond acceptors (Lipinski definition) is 7. The Kier molecular flexibility index (Phi) is 8.09. The van der Waals surface area contributed by atoms with Crippen LogP contribution in [0, 0.1) is 12.8 Å². The van der Waals surface area contributed by atoms with Gasteiger partial charge in [-0.3, -0.25) is 19.4 Å². The van der Waals surface area contributed by atoms with Gasteiger partial charge in [-0.25, -0.2) is 4.98 Å². The summed E-state index contributed by atoms with van der Waals surface area (Å²) in [5.74, 6) is -0.641. The average molecular weight is 482 g/mol. The van der Waals surface area contributed by atoms with E-state index in [1.165, 1.54) is 6.20 Å². The van der Waals surface area contributed by atoms with Crippen LogP contribution in [-0.4, -0.2) is 51.8 Å². The fraction of sp³-hybridized carbons (Fsp3) is 0.500. The quantitative estimate of drug-likeness (QED) is 0.495. The number of piperidine rings is 1. The van der Waals surface area contributed by atoms with Gasteiger partial charge in [0.05, 0.1) is 30.0 Å². The molecule has 0 aromatic carbocycles. The zero-order valence-electron chi connectivity index (χ0n) is 21.3. The van der Waals surface area contributed by atoms with Crippen molar-refractivity contribution in [1.82, 2.24) is 14.9 Å². The van der Waals surface area contributed by atoms with E-state index in [-0.39, 0.29) is 18.4 Å². The first kappa shape index (κ1) is 26.1. The van der Waals surface area contributed by atoms with Crippen LogP contribution in [0.2, 0.25) is 0 Å². The van der Waals surface area contributed by atoms with Crippen LogP contribution >= 0.6 is 0 Å². The molecule has 1 saturated heterocycles. The molecule has 2 atom stereocenters. The number of pyridine rings is 2. The highest BCUT2D eigenvalue weighted by Crippen LogP contribution is 2.33. The largest absolute Gasteiger partial charge is 0.460 e. The summed E-state index contributed by atoms with van der Waals surface area (Å²) in [5, 5.41) is 5.65. The zero-order chi connectivity index (χ0) is 25.8. The molecule has 1 aliphatic heterocycles. The van der Waals surface area contributed by atoms with Crippen LogP contribution < -0.4 is 10.6 Å². The monoisotopic (exact) mass is 481 g/mol. The smallest absolute Gasteiger partial charge is 0.313 e. The Morgan fingerprint density at radius 3 is 2.49 bits per heavy atom. The third kappa shape index (κ3) is 7.00. The molecule has 1 aliphatic rings. The van der Waals surface area contributed by atoms with Gasteiger partial charge < -0.3 is 20.3 Å². The van der Waals surface area contributed by atoms with Crippen LogP contribution in [0.3, 0.4) is 0 Å². The number of carbonyl (C=O) groups excluding carboxylic acids is 3. The van der Waals surface area contributed by atoms with E-state index in [2.05, 4.69) is 27.5 Å². The van der Waals surface area contributed by atoms with Crippen molar-refractivity contribution in [3.05, 3.63) is 47.4 Å². The number of hydrogen-bond donors (Lipinski definition) is 2. The normalized spacial score (nSPS) is 18.1. The van der Waals surface area contributed by atoms with Crippen molar-refractivity contribution < 1.29 is 19.1 Å². The molecular formula is C26H35N5O4. The van der Waals surface area contributed by atoms with Gasteiger partial charge in [0.2, 0.25) is 0 Å². The summed E-state index contributed by atoms with van der Waals surface area (Å²) in [4.78, 5) is 48.5. The summed E-state index contributed by atoms with van der Waals surface area (Å²) >= 11 is 0. The minimum Gasteiger partial charge on any atom is -0.460 e. The lowest BCUT2D eigenvalue weighted by Gasteiger charge is -2.38. The minimum atomic E-state index is -0.718. The minimum absolute atomic E-state index is 0.0317. The van der Waals surface area contributed by atoms with E-state index in [0.717, 1.165) is 29.8 Å². The number of nitrogens with one attached hydrogen (secondary N) is 2. The second kappa shape index (κ2) is 10.8. The summed E-state index contributed by atoms with van der Waals surface area (Å²) in [5.41, 5.74) is 2.01. The van der Waals surface area contributed by atoms with Gasteiger partial charge in [-0.15, -0.1) is 0 Å². The van der Waals surface area contributed by atoms with Crippen LogP contribution in [0.5, 0.6) is 0 Å². The van der Waals surface area contributed by atoms with Gasteiger partial charge >= 0.3 is 17.8 Å². The maximum Gasteiger partial charge on any atom is 0.313 e. The highest BCUT2D eigenvalue weighted by Gasteiger charge is 2.34. The summed E-state index contributed by atoms with van der Waals surface area (Å²) < 4.78 is 5.35. The van der Waals surface area contributed by atoms with Crippen molar-refractivity contribution in [3.8, 4) is 0 Å². The summed E-state index contributed by atoms with van der Waals surface area (Å²) in [6.07, 6.45) is 4.97. The summed E-state index contributed by atoms with van der Waals surface area (Å²) in [6.45, 7) is 9.80. The van der Waals surface area contributed by atoms with E-state index in [1.54, 1.807) is 31.1 Å². The molecule has 9 heteroatoms. The van der Waals surface area contributed by atoms with Gasteiger partial charge in [0.25, 0.3) is 0 Å². The lowest BCUT2D eigenvalue weighted by molar-refractivity contribution is -0.154. The van der Waals surface area contributed by atoms with E-state index in [4.69, 9.17) is 4.74 Å². The SMILES string of the molecule is CNc1ccc(C2CCC(C)CN2C(=O)C(=O)Nc2cnc(CC(=O)OC(C)(C)C)c(C)c2)cn1. The first-order valence-electron chi connectivity index (χ1n) is 11.9. The van der Waals surface area contributed by atoms with E-state index in [1.807, 2.05) is 32.9 Å². The number of likely N-dealkylation sites (tertiary alicyclic amines) is 1. The van der Waals surface area contributed by atoms with Crippen molar-refractivity contribution in [2.75, 3.05) is 24.2 Å². The molecule has 0 radical (unpaired) electrons. The van der Waals surface area contributed by atoms with Crippen LogP contribution in [0.25, 0.3) is 0 Å². The van der Waals surface area contributed by atoms with Crippen molar-refractivity contribution in [2.24, 2.45) is 5.92 Å². The maximum absolute atomic E-state index is 13.2. The van der Waals surface area contributed by atoms with Crippen LogP contribution in [0.1, 0.15) is 63.4 Å². The molecule has 3 heterocycles. The Bertz CT molecular complexity index is 1080. The Morgan fingerprint density at radius 1 is 1.14 bits per heavy atom. The van der Waals surface area contributed by atoms with E-state index in [9.17, 15) is 14.4 Å². The Balaban J connectivity index is 1.70. The van der Waals surface area contributed by atoms with Crippen LogP contribution in [0.4, 0.5) is 11.5 Å². The predicted molar refractivity (Wildman–Crippen MR) is 134 cm³/mol. The number of aryl methyl sites for hydroxylation is 1. The number of aromatic nitrogens is 2. The Labute approximate surface area is 206 Å². The highest BCUT2D eigenvalue weighted by atomic mass is 16.6. The molecule has 2 unspecified atom stereocenters. The number of nitrogens with zero attached hydrogens (tertiary/aromatic N) is 3. The lowest BCUT2D eigenvalue weighted by atomic mass is 9.90. The summed E-state index contributed by atoms with van der Waals surface area (Å²) in [7, 11) is 1.80. The second-order valence-electron chi connectivity index (χ2n) is 10.1. The molecule has 0 saturated carbocycles. The van der Waals surface area contributed by atoms with Gasteiger partial charge in [0.1, 0.15) is 11.4 Å². The number of anilines is 2. The fourth-order valence-corrected chi connectivity index (χ4v) is 4.16. The lowest BCUT2D eigenvalue weighted by Crippen LogP contribution is -2.46. The molecule has 2 aromatic heterocycles. The number of ether oxygens (including phenoxy) is 1. The Hall–Kier alpha value is -3.49. The fourth-order valence-electron chi connectivity index (χ4n) is 4.16. The molecule has 9 nitrogen and oxygen atoms in total. The summed E-state index contributed by atoms with van der Waals surface area (Å²) in [6, 6.07) is 5.30. The standard InChI is InChI=1S/C26H35N5O4/c1-16-7-9-21(18-8-10-22(27-6)29-13-18)31(15-16)25(34)24(33)30-19-11-17(2)20(28-14-19)12-23(32)35-26(3,4)5/h8,10-11,13-14,16,21H,7,9,12,15H2,1-6H3,(H,27,29)(H,30,33). The first-order valence-corrected chi connectivity index (χ1v) is 11.9. The molecule has 188 valence electrons. The number of carbonyl (C=O) groups is 3. The Morgan fingerprint density at radius 2 is 1.89 bits per heavy atom. The van der Waals surface area contributed by atoms with E-state index >= 15 is 0 Å². The molecule has 0 spiro atoms. The van der Waals surface area contributed by atoms with Crippen molar-refractivity contribution in [1.29, 1.82) is 0 Å². The third-order valence-corrected chi connectivity index (χ3v) is 5.88. The number of amides is 2. The van der Waals surface area contributed by atoms with E-state index < -0.39 is 17.4 Å². The topological polar surface area (TPSA) is 114 Å². The average Bonchev–Trinajstić information content (AvgIpc) is 2.79. The van der Waals surface area contributed by atoms with Gasteiger partial charge in [0.15, 0.2) is 0 Å². The van der Waals surface area contributed by atoms with Gasteiger partial charge in [-0.05, 0) is 69.7 Å². The van der Waals surface area contributed by atoms with Gasteiger partial charge in [-0.2, -0.15) is 0 Å². The van der Waals surface area contributed by atoms with E-state index in [0.29, 0.717) is 23.8 Å². The zero-order valence-corrected chi connectivity index (χ0v) is 21.3. The number of rotatable bonds is 5. The number of esters is 1. The molecular weight excluding hydrogens is 446 g/mol. The van der Waals surface area contributed by atoms with Gasteiger partial charge in [0, 0.05) is 19.8 Å². The molecule has 0 bridgehead atoms. The maximum atomic E-state index is 13.2. The molecule has 35 heavy (non-hydrogen) atoms. The van der Waals surface area contributed by atoms with Crippen molar-refractivity contribution in [3.63, 3.8) is 0 Å². The molecule has 1 fully saturated rings. The molecule has 0 aliphatic carbocycles. The third-order valence-electron chi connectivity index (χ3n) is 5.88. The van der Waals surface area contributed by atoms with Gasteiger partial charge in [-0.1, -0.05) is 13.0 Å². The molecule has 2 amide bonds. The van der Waals surface area contributed by atoms with Crippen LogP contribution in [-0.2, 0) is 25.5 Å². The molecule has 3 rings (SSSR count). The highest BCUT2D eigenvalue weighted by molar-refractivity contribution is 6.39.